The van der Waals surface area contributed by atoms with Gasteiger partial charge in [-0.15, -0.1) is 0 Å². The number of piperazine rings is 1. The Hall–Kier alpha value is -3.32. The second-order valence-corrected chi connectivity index (χ2v) is 8.71. The van der Waals surface area contributed by atoms with E-state index in [2.05, 4.69) is 27.2 Å². The Morgan fingerprint density at radius 1 is 0.909 bits per heavy atom. The highest BCUT2D eigenvalue weighted by Gasteiger charge is 2.27. The molecule has 2 aliphatic rings. The number of anilines is 4. The molecule has 3 aromatic rings. The van der Waals surface area contributed by atoms with Crippen LogP contribution in [0.5, 0.6) is 5.75 Å². The van der Waals surface area contributed by atoms with Gasteiger partial charge in [0.05, 0.1) is 18.4 Å². The van der Waals surface area contributed by atoms with Crippen LogP contribution >= 0.6 is 11.6 Å². The Morgan fingerprint density at radius 3 is 2.30 bits per heavy atom. The van der Waals surface area contributed by atoms with E-state index >= 15 is 0 Å². The van der Waals surface area contributed by atoms with E-state index in [1.807, 2.05) is 36.4 Å². The molecule has 2 heterocycles. The first-order chi connectivity index (χ1) is 16.1. The number of hydrogen-bond donors (Lipinski definition) is 1. The normalized spacial score (nSPS) is 15.9. The number of fused-ring (bicyclic) bond motifs is 1. The van der Waals surface area contributed by atoms with E-state index in [0.29, 0.717) is 23.8 Å². The predicted octanol–water partition coefficient (Wildman–Crippen LogP) is 4.73. The Bertz CT molecular complexity index is 1140. The standard InChI is InChI=1S/C25H26ClN5O2/c1-33-20-11-7-18(8-12-20)27-24-23-21(3-2-4-22(23)32)28-25(29-24)31-15-13-30(14-16-31)19-9-5-17(26)6-10-19/h5-12H,2-4,13-16H2,1H3,(H,27,28,29). The Balaban J connectivity index is 1.39. The molecule has 7 nitrogen and oxygen atoms in total. The highest BCUT2D eigenvalue weighted by Crippen LogP contribution is 2.31. The van der Waals surface area contributed by atoms with Crippen molar-refractivity contribution in [2.75, 3.05) is 48.4 Å². The van der Waals surface area contributed by atoms with Crippen LogP contribution in [0.25, 0.3) is 0 Å². The van der Waals surface area contributed by atoms with Crippen molar-refractivity contribution < 1.29 is 9.53 Å². The molecule has 1 aliphatic carbocycles. The van der Waals surface area contributed by atoms with Crippen molar-refractivity contribution in [3.05, 3.63) is 64.8 Å². The maximum absolute atomic E-state index is 12.7. The van der Waals surface area contributed by atoms with Gasteiger partial charge in [-0.2, -0.15) is 4.98 Å². The smallest absolute Gasteiger partial charge is 0.227 e. The van der Waals surface area contributed by atoms with Crippen LogP contribution in [0, 0.1) is 0 Å². The van der Waals surface area contributed by atoms with Gasteiger partial charge in [-0.1, -0.05) is 11.6 Å². The molecule has 0 saturated carbocycles. The summed E-state index contributed by atoms with van der Waals surface area (Å²) in [5, 5.41) is 4.10. The maximum Gasteiger partial charge on any atom is 0.227 e. The number of nitrogens with one attached hydrogen (secondary N) is 1. The molecule has 1 aliphatic heterocycles. The molecule has 2 aromatic carbocycles. The number of carbonyl (C=O) groups excluding carboxylic acids is 1. The molecule has 1 N–H and O–H groups in total. The van der Waals surface area contributed by atoms with Crippen LogP contribution in [0.3, 0.4) is 0 Å². The first kappa shape index (κ1) is 21.5. The van der Waals surface area contributed by atoms with E-state index in [1.54, 1.807) is 7.11 Å². The van der Waals surface area contributed by atoms with Gasteiger partial charge < -0.3 is 19.9 Å². The lowest BCUT2D eigenvalue weighted by atomic mass is 9.95. The van der Waals surface area contributed by atoms with Gasteiger partial charge in [0.25, 0.3) is 0 Å². The summed E-state index contributed by atoms with van der Waals surface area (Å²) in [7, 11) is 1.64. The van der Waals surface area contributed by atoms with Gasteiger partial charge in [0, 0.05) is 49.0 Å². The molecular formula is C25H26ClN5O2. The molecule has 170 valence electrons. The summed E-state index contributed by atoms with van der Waals surface area (Å²) in [5.74, 6) is 2.15. The highest BCUT2D eigenvalue weighted by molar-refractivity contribution is 6.30. The van der Waals surface area contributed by atoms with Crippen molar-refractivity contribution in [1.29, 1.82) is 0 Å². The van der Waals surface area contributed by atoms with Crippen LogP contribution in [-0.2, 0) is 6.42 Å². The number of carbonyl (C=O) groups is 1. The number of nitrogens with zero attached hydrogens (tertiary/aromatic N) is 4. The van der Waals surface area contributed by atoms with E-state index < -0.39 is 0 Å². The van der Waals surface area contributed by atoms with Crippen LogP contribution in [0.2, 0.25) is 5.02 Å². The molecule has 33 heavy (non-hydrogen) atoms. The van der Waals surface area contributed by atoms with Crippen molar-refractivity contribution >= 4 is 40.5 Å². The zero-order valence-electron chi connectivity index (χ0n) is 18.6. The van der Waals surface area contributed by atoms with Crippen molar-refractivity contribution in [2.24, 2.45) is 0 Å². The van der Waals surface area contributed by atoms with E-state index in [4.69, 9.17) is 26.3 Å². The van der Waals surface area contributed by atoms with Gasteiger partial charge in [0.2, 0.25) is 5.95 Å². The predicted molar refractivity (Wildman–Crippen MR) is 131 cm³/mol. The number of halogens is 1. The third-order valence-electron chi connectivity index (χ3n) is 6.18. The van der Waals surface area contributed by atoms with Crippen molar-refractivity contribution in [3.8, 4) is 5.75 Å². The maximum atomic E-state index is 12.7. The molecular weight excluding hydrogens is 438 g/mol. The molecule has 0 spiro atoms. The first-order valence-electron chi connectivity index (χ1n) is 11.2. The molecule has 0 radical (unpaired) electrons. The van der Waals surface area contributed by atoms with Gasteiger partial charge in [0.1, 0.15) is 11.6 Å². The average molecular weight is 464 g/mol. The summed E-state index contributed by atoms with van der Waals surface area (Å²) in [6, 6.07) is 15.6. The Morgan fingerprint density at radius 2 is 1.61 bits per heavy atom. The number of hydrogen-bond acceptors (Lipinski definition) is 7. The van der Waals surface area contributed by atoms with Crippen LogP contribution in [0.4, 0.5) is 23.1 Å². The third-order valence-corrected chi connectivity index (χ3v) is 6.43. The highest BCUT2D eigenvalue weighted by atomic mass is 35.5. The molecule has 5 rings (SSSR count). The Labute approximate surface area is 198 Å². The second-order valence-electron chi connectivity index (χ2n) is 8.27. The third kappa shape index (κ3) is 4.59. The van der Waals surface area contributed by atoms with Crippen LogP contribution in [0.15, 0.2) is 48.5 Å². The van der Waals surface area contributed by atoms with Gasteiger partial charge in [0.15, 0.2) is 5.78 Å². The number of benzene rings is 2. The molecule has 1 aromatic heterocycles. The number of aromatic nitrogens is 2. The minimum Gasteiger partial charge on any atom is -0.497 e. The number of aryl methyl sites for hydroxylation is 1. The van der Waals surface area contributed by atoms with Crippen LogP contribution in [0.1, 0.15) is 28.9 Å². The molecule has 0 atom stereocenters. The summed E-state index contributed by atoms with van der Waals surface area (Å²) >= 11 is 6.03. The average Bonchev–Trinajstić information content (AvgIpc) is 2.85. The lowest BCUT2D eigenvalue weighted by Gasteiger charge is -2.36. The minimum atomic E-state index is 0.103. The van der Waals surface area contributed by atoms with Crippen molar-refractivity contribution in [1.82, 2.24) is 9.97 Å². The molecule has 0 bridgehead atoms. The molecule has 0 unspecified atom stereocenters. The molecule has 1 saturated heterocycles. The molecule has 8 heteroatoms. The summed E-state index contributed by atoms with van der Waals surface area (Å²) in [6.07, 6.45) is 2.15. The topological polar surface area (TPSA) is 70.6 Å². The van der Waals surface area contributed by atoms with E-state index in [9.17, 15) is 4.79 Å². The lowest BCUT2D eigenvalue weighted by molar-refractivity contribution is 0.0972. The van der Waals surface area contributed by atoms with E-state index in [-0.39, 0.29) is 5.78 Å². The monoisotopic (exact) mass is 463 g/mol. The summed E-state index contributed by atoms with van der Waals surface area (Å²) in [4.78, 5) is 26.9. The van der Waals surface area contributed by atoms with Crippen molar-refractivity contribution in [2.45, 2.75) is 19.3 Å². The van der Waals surface area contributed by atoms with Crippen LogP contribution in [-0.4, -0.2) is 49.0 Å². The van der Waals surface area contributed by atoms with E-state index in [1.165, 1.54) is 0 Å². The van der Waals surface area contributed by atoms with E-state index in [0.717, 1.165) is 66.9 Å². The Kier molecular flexibility index (Phi) is 6.05. The summed E-state index contributed by atoms with van der Waals surface area (Å²) in [5.41, 5.74) is 3.49. The minimum absolute atomic E-state index is 0.103. The quantitative estimate of drug-likeness (QED) is 0.586. The van der Waals surface area contributed by atoms with Gasteiger partial charge in [-0.25, -0.2) is 4.98 Å². The fourth-order valence-electron chi connectivity index (χ4n) is 4.37. The SMILES string of the molecule is COc1ccc(Nc2nc(N3CCN(c4ccc(Cl)cc4)CC3)nc3c2C(=O)CCC3)cc1. The fraction of sp³-hybridized carbons (Fsp3) is 0.320. The number of rotatable bonds is 5. The van der Waals surface area contributed by atoms with Gasteiger partial charge >= 0.3 is 0 Å². The zero-order valence-corrected chi connectivity index (χ0v) is 19.3. The number of ketones is 1. The largest absolute Gasteiger partial charge is 0.497 e. The van der Waals surface area contributed by atoms with Gasteiger partial charge in [-0.05, 0) is 61.4 Å². The lowest BCUT2D eigenvalue weighted by Crippen LogP contribution is -2.47. The second kappa shape index (κ2) is 9.27. The van der Waals surface area contributed by atoms with Crippen molar-refractivity contribution in [3.63, 3.8) is 0 Å². The number of Topliss-reactive ketones (excluding diaryl/α,β-unsaturated/α-hetero) is 1. The number of ether oxygens (including phenoxy) is 1. The molecule has 0 amide bonds. The summed E-state index contributed by atoms with van der Waals surface area (Å²) < 4.78 is 5.25. The van der Waals surface area contributed by atoms with Crippen LogP contribution < -0.4 is 19.9 Å². The molecule has 1 fully saturated rings. The summed E-state index contributed by atoms with van der Waals surface area (Å²) in [6.45, 7) is 3.33. The zero-order chi connectivity index (χ0) is 22.8. The van der Waals surface area contributed by atoms with Gasteiger partial charge in [-0.3, -0.25) is 4.79 Å². The fourth-order valence-corrected chi connectivity index (χ4v) is 4.49. The number of methoxy groups -OCH3 is 1. The first-order valence-corrected chi connectivity index (χ1v) is 11.6.